The highest BCUT2D eigenvalue weighted by molar-refractivity contribution is 7.70. The fraction of sp³-hybridized carbons (Fsp3) is 0.312. The number of aliphatic hydroxyl groups excluding tert-OH is 1. The molecule has 7 heteroatoms. The molecule has 6 nitrogen and oxygen atoms in total. The van der Waals surface area contributed by atoms with Gasteiger partial charge in [-0.25, -0.2) is 4.68 Å². The molecule has 2 heterocycles. The van der Waals surface area contributed by atoms with Gasteiger partial charge in [0.2, 0.25) is 0 Å². The Morgan fingerprint density at radius 2 is 1.72 bits per heavy atom. The Labute approximate surface area is 230 Å². The lowest BCUT2D eigenvalue weighted by atomic mass is 9.95. The van der Waals surface area contributed by atoms with Gasteiger partial charge in [-0.3, -0.25) is 4.68 Å². The molecule has 0 saturated carbocycles. The molecule has 2 atom stereocenters. The van der Waals surface area contributed by atoms with E-state index >= 15 is 0 Å². The second-order valence-corrected chi connectivity index (χ2v) is 14.2. The predicted octanol–water partition coefficient (Wildman–Crippen LogP) is 7.00. The highest BCUT2D eigenvalue weighted by Crippen LogP contribution is 2.40. The van der Waals surface area contributed by atoms with Gasteiger partial charge in [0.15, 0.2) is 0 Å². The van der Waals surface area contributed by atoms with Crippen LogP contribution >= 0.6 is 7.14 Å². The average Bonchev–Trinajstić information content (AvgIpc) is 3.49. The maximum Gasteiger partial charge on any atom is 0.112 e. The number of nitrogens with zero attached hydrogens (tertiary/aromatic N) is 4. The molecule has 1 N–H and O–H groups in total. The second-order valence-electron chi connectivity index (χ2n) is 10.8. The van der Waals surface area contributed by atoms with Gasteiger partial charge in [-0.2, -0.15) is 10.2 Å². The molecule has 3 aromatic carbocycles. The molecular formula is C32H37N4O2P. The van der Waals surface area contributed by atoms with E-state index in [1.54, 1.807) is 0 Å². The average molecular weight is 541 g/mol. The summed E-state index contributed by atoms with van der Waals surface area (Å²) < 4.78 is 16.9. The zero-order valence-corrected chi connectivity index (χ0v) is 24.5. The Morgan fingerprint density at radius 3 is 2.38 bits per heavy atom. The van der Waals surface area contributed by atoms with Crippen LogP contribution in [0.1, 0.15) is 55.2 Å². The SMILES string of the molecule is CCP(C)(=O)c1ccc(-n2nc(-c3cccc4nn(C[C@H](O)c5ccccc5)cc34)c(C(C)C)c2C)c(C)c1. The zero-order valence-electron chi connectivity index (χ0n) is 23.6. The van der Waals surface area contributed by atoms with Crippen LogP contribution in [0.3, 0.4) is 0 Å². The molecule has 0 aliphatic carbocycles. The van der Waals surface area contributed by atoms with Crippen LogP contribution in [-0.2, 0) is 11.1 Å². The fourth-order valence-corrected chi connectivity index (χ4v) is 6.56. The molecule has 0 aliphatic heterocycles. The summed E-state index contributed by atoms with van der Waals surface area (Å²) in [6.07, 6.45) is 2.02. The van der Waals surface area contributed by atoms with Crippen molar-refractivity contribution >= 4 is 23.3 Å². The van der Waals surface area contributed by atoms with E-state index in [2.05, 4.69) is 39.8 Å². The molecule has 2 aromatic heterocycles. The van der Waals surface area contributed by atoms with Crippen LogP contribution in [-0.4, -0.2) is 37.5 Å². The van der Waals surface area contributed by atoms with Gasteiger partial charge >= 0.3 is 0 Å². The van der Waals surface area contributed by atoms with Crippen LogP contribution in [0.4, 0.5) is 0 Å². The molecule has 0 amide bonds. The molecule has 0 radical (unpaired) electrons. The monoisotopic (exact) mass is 540 g/mol. The van der Waals surface area contributed by atoms with Crippen molar-refractivity contribution in [3.8, 4) is 16.9 Å². The third-order valence-electron chi connectivity index (χ3n) is 7.70. The summed E-state index contributed by atoms with van der Waals surface area (Å²) in [4.78, 5) is 0. The lowest BCUT2D eigenvalue weighted by molar-refractivity contribution is 0.152. The Morgan fingerprint density at radius 1 is 0.974 bits per heavy atom. The van der Waals surface area contributed by atoms with Crippen LogP contribution in [0.5, 0.6) is 0 Å². The van der Waals surface area contributed by atoms with E-state index in [0.717, 1.165) is 50.0 Å². The number of aromatic nitrogens is 4. The number of rotatable bonds is 8. The zero-order chi connectivity index (χ0) is 27.9. The summed E-state index contributed by atoms with van der Waals surface area (Å²) >= 11 is 0. The Hall–Kier alpha value is -3.47. The highest BCUT2D eigenvalue weighted by atomic mass is 31.2. The van der Waals surface area contributed by atoms with E-state index in [0.29, 0.717) is 12.7 Å². The van der Waals surface area contributed by atoms with Crippen molar-refractivity contribution in [1.82, 2.24) is 19.6 Å². The largest absolute Gasteiger partial charge is 0.386 e. The van der Waals surface area contributed by atoms with Crippen LogP contribution < -0.4 is 5.30 Å². The molecular weight excluding hydrogens is 503 g/mol. The number of hydrogen-bond donors (Lipinski definition) is 1. The minimum absolute atomic E-state index is 0.259. The van der Waals surface area contributed by atoms with Gasteiger partial charge in [-0.1, -0.05) is 63.2 Å². The molecule has 39 heavy (non-hydrogen) atoms. The van der Waals surface area contributed by atoms with Gasteiger partial charge in [0.1, 0.15) is 7.14 Å². The van der Waals surface area contributed by atoms with Gasteiger partial charge in [0, 0.05) is 39.9 Å². The van der Waals surface area contributed by atoms with E-state index in [1.165, 1.54) is 5.56 Å². The van der Waals surface area contributed by atoms with Crippen molar-refractivity contribution < 1.29 is 9.67 Å². The number of aliphatic hydroxyl groups is 1. The third-order valence-corrected chi connectivity index (χ3v) is 10.3. The minimum atomic E-state index is -2.36. The molecule has 1 unspecified atom stereocenters. The summed E-state index contributed by atoms with van der Waals surface area (Å²) in [6, 6.07) is 21.9. The smallest absolute Gasteiger partial charge is 0.112 e. The van der Waals surface area contributed by atoms with E-state index < -0.39 is 13.2 Å². The minimum Gasteiger partial charge on any atom is -0.386 e. The first-order chi connectivity index (χ1) is 18.6. The van der Waals surface area contributed by atoms with Crippen LogP contribution in [0.15, 0.2) is 72.9 Å². The van der Waals surface area contributed by atoms with Gasteiger partial charge in [0.25, 0.3) is 0 Å². The first kappa shape index (κ1) is 27.1. The summed E-state index contributed by atoms with van der Waals surface area (Å²) in [6.45, 7) is 12.8. The maximum atomic E-state index is 13.0. The van der Waals surface area contributed by atoms with Crippen LogP contribution in [0.25, 0.3) is 27.8 Å². The summed E-state index contributed by atoms with van der Waals surface area (Å²) in [5.74, 6) is 0.259. The normalized spacial score (nSPS) is 14.2. The van der Waals surface area contributed by atoms with Gasteiger partial charge in [0.05, 0.1) is 29.5 Å². The Kier molecular flexibility index (Phi) is 7.37. The lowest BCUT2D eigenvalue weighted by Gasteiger charge is -2.15. The molecule has 0 aliphatic rings. The Bertz CT molecular complexity index is 1680. The molecule has 0 fully saturated rings. The van der Waals surface area contributed by atoms with Crippen molar-refractivity contribution in [2.24, 2.45) is 0 Å². The second kappa shape index (κ2) is 10.6. The molecule has 202 valence electrons. The van der Waals surface area contributed by atoms with Crippen molar-refractivity contribution in [2.45, 2.75) is 53.2 Å². The number of fused-ring (bicyclic) bond motifs is 1. The topological polar surface area (TPSA) is 72.9 Å². The van der Waals surface area contributed by atoms with Crippen molar-refractivity contribution in [3.63, 3.8) is 0 Å². The van der Waals surface area contributed by atoms with Crippen LogP contribution in [0.2, 0.25) is 0 Å². The molecule has 0 spiro atoms. The first-order valence-corrected chi connectivity index (χ1v) is 15.9. The first-order valence-electron chi connectivity index (χ1n) is 13.6. The predicted molar refractivity (Wildman–Crippen MR) is 161 cm³/mol. The quantitative estimate of drug-likeness (QED) is 0.215. The van der Waals surface area contributed by atoms with E-state index in [-0.39, 0.29) is 5.92 Å². The summed E-state index contributed by atoms with van der Waals surface area (Å²) in [5, 5.41) is 22.7. The van der Waals surface area contributed by atoms with E-state index in [4.69, 9.17) is 10.2 Å². The van der Waals surface area contributed by atoms with E-state index in [1.807, 2.05) is 83.7 Å². The van der Waals surface area contributed by atoms with E-state index in [9.17, 15) is 9.67 Å². The van der Waals surface area contributed by atoms with Gasteiger partial charge < -0.3 is 9.67 Å². The summed E-state index contributed by atoms with van der Waals surface area (Å²) in [7, 11) is -2.36. The molecule has 5 aromatic rings. The number of benzene rings is 3. The molecule has 5 rings (SSSR count). The number of aryl methyl sites for hydroxylation is 1. The van der Waals surface area contributed by atoms with Crippen molar-refractivity contribution in [2.75, 3.05) is 12.8 Å². The maximum absolute atomic E-state index is 13.0. The van der Waals surface area contributed by atoms with Gasteiger partial charge in [-0.05, 0) is 61.8 Å². The fourth-order valence-electron chi connectivity index (χ4n) is 5.34. The van der Waals surface area contributed by atoms with Crippen molar-refractivity contribution in [1.29, 1.82) is 0 Å². The van der Waals surface area contributed by atoms with Crippen molar-refractivity contribution in [3.05, 3.63) is 95.3 Å². The number of hydrogen-bond acceptors (Lipinski definition) is 4. The highest BCUT2D eigenvalue weighted by Gasteiger charge is 2.24. The lowest BCUT2D eigenvalue weighted by Crippen LogP contribution is -2.10. The molecule has 0 bridgehead atoms. The Balaban J connectivity index is 1.59. The summed E-state index contributed by atoms with van der Waals surface area (Å²) in [5.41, 5.74) is 8.03. The molecule has 0 saturated heterocycles. The third kappa shape index (κ3) is 5.11. The van der Waals surface area contributed by atoms with Crippen LogP contribution in [0, 0.1) is 13.8 Å². The standard InChI is InChI=1S/C32H37N4O2P/c1-7-39(6,38)25-16-17-29(22(4)18-25)36-23(5)31(21(2)3)32(34-36)26-14-11-15-28-27(26)19-35(33-28)20-30(37)24-12-9-8-10-13-24/h8-19,21,30,37H,7,20H2,1-6H3/t30-,39?/m0/s1. The van der Waals surface area contributed by atoms with Gasteiger partial charge in [-0.15, -0.1) is 0 Å².